The van der Waals surface area contributed by atoms with Gasteiger partial charge in [0, 0.05) is 22.5 Å². The lowest BCUT2D eigenvalue weighted by molar-refractivity contribution is -0.140. The third-order valence-electron chi connectivity index (χ3n) is 4.49. The molecule has 0 aliphatic heterocycles. The Balaban J connectivity index is 1.96. The lowest BCUT2D eigenvalue weighted by Gasteiger charge is -2.14. The summed E-state index contributed by atoms with van der Waals surface area (Å²) in [5, 5.41) is 11.9. The molecule has 2 aromatic carbocycles. The predicted molar refractivity (Wildman–Crippen MR) is 103 cm³/mol. The second kappa shape index (κ2) is 8.10. The molecule has 2 N–H and O–H groups in total. The second-order valence-corrected chi connectivity index (χ2v) is 6.69. The topological polar surface area (TPSA) is 75.1 Å². The minimum absolute atomic E-state index is 0.0218. The number of aromatic nitrogens is 2. The molecular formula is C21H17F4N3O2. The van der Waals surface area contributed by atoms with Crippen molar-refractivity contribution in [2.24, 2.45) is 0 Å². The van der Waals surface area contributed by atoms with Crippen molar-refractivity contribution in [3.05, 3.63) is 70.7 Å². The van der Waals surface area contributed by atoms with Gasteiger partial charge in [-0.2, -0.15) is 13.2 Å². The van der Waals surface area contributed by atoms with E-state index in [2.05, 4.69) is 15.3 Å². The molecule has 9 heteroatoms. The molecule has 0 amide bonds. The molecule has 0 bridgehead atoms. The summed E-state index contributed by atoms with van der Waals surface area (Å²) in [5.41, 5.74) is 1.12. The van der Waals surface area contributed by atoms with Gasteiger partial charge in [0.05, 0.1) is 12.0 Å². The highest BCUT2D eigenvalue weighted by molar-refractivity contribution is 5.71. The zero-order chi connectivity index (χ0) is 22.1. The third-order valence-corrected chi connectivity index (χ3v) is 4.49. The van der Waals surface area contributed by atoms with Crippen LogP contribution in [0.4, 0.5) is 29.1 Å². The predicted octanol–water partition coefficient (Wildman–Crippen LogP) is 5.29. The van der Waals surface area contributed by atoms with E-state index < -0.39 is 23.5 Å². The Morgan fingerprint density at radius 2 is 1.73 bits per heavy atom. The lowest BCUT2D eigenvalue weighted by atomic mass is 10.1. The van der Waals surface area contributed by atoms with E-state index in [4.69, 9.17) is 5.11 Å². The van der Waals surface area contributed by atoms with E-state index in [1.165, 1.54) is 6.07 Å². The van der Waals surface area contributed by atoms with E-state index in [1.807, 2.05) is 0 Å². The SMILES string of the molecule is Cc1nc(-c2ccc(F)c(C(F)(F)F)c2)nc(Nc2ccc(CC(=O)O)cc2)c1C. The summed E-state index contributed by atoms with van der Waals surface area (Å²) in [6.45, 7) is 3.45. The first-order valence-corrected chi connectivity index (χ1v) is 8.84. The number of anilines is 2. The van der Waals surface area contributed by atoms with Crippen LogP contribution in [0.15, 0.2) is 42.5 Å². The molecule has 156 valence electrons. The van der Waals surface area contributed by atoms with Gasteiger partial charge < -0.3 is 10.4 Å². The number of hydrogen-bond acceptors (Lipinski definition) is 4. The van der Waals surface area contributed by atoms with Gasteiger partial charge in [-0.05, 0) is 49.7 Å². The van der Waals surface area contributed by atoms with Crippen LogP contribution < -0.4 is 5.32 Å². The van der Waals surface area contributed by atoms with Gasteiger partial charge in [0.15, 0.2) is 5.82 Å². The van der Waals surface area contributed by atoms with E-state index in [-0.39, 0.29) is 17.8 Å². The molecule has 3 aromatic rings. The summed E-state index contributed by atoms with van der Waals surface area (Å²) >= 11 is 0. The molecule has 5 nitrogen and oxygen atoms in total. The van der Waals surface area contributed by atoms with E-state index in [1.54, 1.807) is 38.1 Å². The molecule has 0 spiro atoms. The molecular weight excluding hydrogens is 402 g/mol. The monoisotopic (exact) mass is 419 g/mol. The van der Waals surface area contributed by atoms with E-state index in [0.29, 0.717) is 34.4 Å². The van der Waals surface area contributed by atoms with Gasteiger partial charge in [-0.15, -0.1) is 0 Å². The first-order chi connectivity index (χ1) is 14.0. The van der Waals surface area contributed by atoms with Crippen LogP contribution in [0.3, 0.4) is 0 Å². The van der Waals surface area contributed by atoms with Gasteiger partial charge in [0.1, 0.15) is 11.6 Å². The Morgan fingerprint density at radius 1 is 1.07 bits per heavy atom. The number of carboxylic acids is 1. The van der Waals surface area contributed by atoms with E-state index in [9.17, 15) is 22.4 Å². The van der Waals surface area contributed by atoms with Crippen molar-refractivity contribution in [1.29, 1.82) is 0 Å². The van der Waals surface area contributed by atoms with Crippen LogP contribution in [0.2, 0.25) is 0 Å². The molecule has 0 aliphatic carbocycles. The first kappa shape index (κ1) is 21.2. The standard InChI is InChI=1S/C21H17F4N3O2/c1-11-12(2)26-20(14-5-8-17(22)16(10-14)21(23,24)25)28-19(11)27-15-6-3-13(4-7-15)9-18(29)30/h3-8,10H,9H2,1-2H3,(H,29,30)(H,26,27,28). The highest BCUT2D eigenvalue weighted by atomic mass is 19.4. The number of rotatable bonds is 5. The maximum atomic E-state index is 13.6. The number of halogens is 4. The van der Waals surface area contributed by atoms with Gasteiger partial charge in [-0.3, -0.25) is 4.79 Å². The molecule has 1 aromatic heterocycles. The first-order valence-electron chi connectivity index (χ1n) is 8.84. The smallest absolute Gasteiger partial charge is 0.419 e. The molecule has 0 aliphatic rings. The third kappa shape index (κ3) is 4.73. The average Bonchev–Trinajstić information content (AvgIpc) is 2.66. The van der Waals surface area contributed by atoms with Crippen LogP contribution in [0.25, 0.3) is 11.4 Å². The van der Waals surface area contributed by atoms with Crippen molar-refractivity contribution in [2.75, 3.05) is 5.32 Å². The van der Waals surface area contributed by atoms with Crippen LogP contribution >= 0.6 is 0 Å². The number of nitrogens with zero attached hydrogens (tertiary/aromatic N) is 2. The number of benzene rings is 2. The van der Waals surface area contributed by atoms with Crippen molar-refractivity contribution in [3.63, 3.8) is 0 Å². The molecule has 0 saturated heterocycles. The minimum Gasteiger partial charge on any atom is -0.481 e. The minimum atomic E-state index is -4.83. The summed E-state index contributed by atoms with van der Waals surface area (Å²) in [4.78, 5) is 19.3. The Labute approximate surface area is 169 Å². The number of alkyl halides is 3. The Bertz CT molecular complexity index is 1100. The van der Waals surface area contributed by atoms with Crippen molar-refractivity contribution >= 4 is 17.5 Å². The summed E-state index contributed by atoms with van der Waals surface area (Å²) < 4.78 is 52.7. The lowest BCUT2D eigenvalue weighted by Crippen LogP contribution is -2.09. The van der Waals surface area contributed by atoms with Gasteiger partial charge in [0.2, 0.25) is 0 Å². The summed E-state index contributed by atoms with van der Waals surface area (Å²) in [6.07, 6.45) is -4.94. The molecule has 0 saturated carbocycles. The number of hydrogen-bond donors (Lipinski definition) is 2. The van der Waals surface area contributed by atoms with Gasteiger partial charge in [0.25, 0.3) is 0 Å². The maximum Gasteiger partial charge on any atom is 0.419 e. The van der Waals surface area contributed by atoms with Crippen molar-refractivity contribution in [1.82, 2.24) is 9.97 Å². The van der Waals surface area contributed by atoms with Crippen LogP contribution in [-0.4, -0.2) is 21.0 Å². The zero-order valence-electron chi connectivity index (χ0n) is 16.0. The fourth-order valence-electron chi connectivity index (χ4n) is 2.78. The molecule has 0 radical (unpaired) electrons. The molecule has 30 heavy (non-hydrogen) atoms. The molecule has 1 heterocycles. The highest BCUT2D eigenvalue weighted by Crippen LogP contribution is 2.34. The number of carbonyl (C=O) groups is 1. The number of aliphatic carboxylic acids is 1. The largest absolute Gasteiger partial charge is 0.481 e. The number of aryl methyl sites for hydroxylation is 1. The van der Waals surface area contributed by atoms with Crippen molar-refractivity contribution < 1.29 is 27.5 Å². The average molecular weight is 419 g/mol. The highest BCUT2D eigenvalue weighted by Gasteiger charge is 2.34. The molecule has 0 fully saturated rings. The number of nitrogens with one attached hydrogen (secondary N) is 1. The van der Waals surface area contributed by atoms with Crippen molar-refractivity contribution in [2.45, 2.75) is 26.4 Å². The van der Waals surface area contributed by atoms with E-state index >= 15 is 0 Å². The van der Waals surface area contributed by atoms with Gasteiger partial charge in [-0.25, -0.2) is 14.4 Å². The number of carboxylic acid groups (broad SMARTS) is 1. The van der Waals surface area contributed by atoms with Gasteiger partial charge >= 0.3 is 12.1 Å². The Hall–Kier alpha value is -3.49. The quantitative estimate of drug-likeness (QED) is 0.550. The molecule has 3 rings (SSSR count). The molecule has 0 unspecified atom stereocenters. The van der Waals surface area contributed by atoms with Crippen LogP contribution in [-0.2, 0) is 17.4 Å². The van der Waals surface area contributed by atoms with Crippen molar-refractivity contribution in [3.8, 4) is 11.4 Å². The van der Waals surface area contributed by atoms with E-state index in [0.717, 1.165) is 6.07 Å². The molecule has 0 atom stereocenters. The Morgan fingerprint density at radius 3 is 2.33 bits per heavy atom. The Kier molecular flexibility index (Phi) is 5.73. The van der Waals surface area contributed by atoms with Crippen LogP contribution in [0.5, 0.6) is 0 Å². The van der Waals surface area contributed by atoms with Crippen LogP contribution in [0, 0.1) is 19.7 Å². The maximum absolute atomic E-state index is 13.6. The van der Waals surface area contributed by atoms with Gasteiger partial charge in [-0.1, -0.05) is 12.1 Å². The van der Waals surface area contributed by atoms with Crippen LogP contribution in [0.1, 0.15) is 22.4 Å². The fourth-order valence-corrected chi connectivity index (χ4v) is 2.78. The summed E-state index contributed by atoms with van der Waals surface area (Å²) in [7, 11) is 0. The summed E-state index contributed by atoms with van der Waals surface area (Å²) in [6, 6.07) is 9.27. The zero-order valence-corrected chi connectivity index (χ0v) is 16.0. The fraction of sp³-hybridized carbons (Fsp3) is 0.190. The normalized spacial score (nSPS) is 11.4. The second-order valence-electron chi connectivity index (χ2n) is 6.69. The summed E-state index contributed by atoms with van der Waals surface area (Å²) in [5.74, 6) is -1.91.